The van der Waals surface area contributed by atoms with E-state index in [1.165, 1.54) is 6.07 Å². The fourth-order valence-corrected chi connectivity index (χ4v) is 2.13. The van der Waals surface area contributed by atoms with Gasteiger partial charge in [-0.05, 0) is 30.5 Å². The fourth-order valence-electron chi connectivity index (χ4n) is 1.97. The van der Waals surface area contributed by atoms with Crippen LogP contribution >= 0.6 is 11.6 Å². The lowest BCUT2D eigenvalue weighted by molar-refractivity contribution is -0.145. The van der Waals surface area contributed by atoms with E-state index in [-0.39, 0.29) is 5.92 Å². The normalized spacial score (nSPS) is 24.7. The van der Waals surface area contributed by atoms with Crippen molar-refractivity contribution in [2.24, 2.45) is 5.92 Å². The summed E-state index contributed by atoms with van der Waals surface area (Å²) >= 11 is 5.63. The molecular weight excluding hydrogens is 219 g/mol. The SMILES string of the molecule is O=C(O)[C@H]1CC[C@@H]1c1ccc(Cl)cc1F. The third kappa shape index (κ3) is 1.84. The maximum Gasteiger partial charge on any atom is 0.307 e. The summed E-state index contributed by atoms with van der Waals surface area (Å²) in [5.74, 6) is -1.89. The van der Waals surface area contributed by atoms with Crippen LogP contribution in [0.1, 0.15) is 24.3 Å². The van der Waals surface area contributed by atoms with E-state index in [0.717, 1.165) is 6.42 Å². The Morgan fingerprint density at radius 2 is 2.20 bits per heavy atom. The van der Waals surface area contributed by atoms with Gasteiger partial charge in [-0.15, -0.1) is 0 Å². The van der Waals surface area contributed by atoms with Crippen LogP contribution in [0, 0.1) is 11.7 Å². The van der Waals surface area contributed by atoms with Gasteiger partial charge in [0.05, 0.1) is 5.92 Å². The number of benzene rings is 1. The van der Waals surface area contributed by atoms with Crippen LogP contribution in [0.25, 0.3) is 0 Å². The first-order valence-corrected chi connectivity index (χ1v) is 5.15. The van der Waals surface area contributed by atoms with E-state index in [0.29, 0.717) is 17.0 Å². The molecule has 0 amide bonds. The number of carboxylic acids is 1. The molecule has 0 unspecified atom stereocenters. The van der Waals surface area contributed by atoms with Gasteiger partial charge >= 0.3 is 5.97 Å². The second kappa shape index (κ2) is 3.81. The molecule has 0 saturated heterocycles. The van der Waals surface area contributed by atoms with Gasteiger partial charge in [-0.1, -0.05) is 17.7 Å². The monoisotopic (exact) mass is 228 g/mol. The Bertz CT molecular complexity index is 406. The zero-order valence-electron chi connectivity index (χ0n) is 7.91. The third-order valence-electron chi connectivity index (χ3n) is 2.95. The van der Waals surface area contributed by atoms with Crippen molar-refractivity contribution in [3.8, 4) is 0 Å². The zero-order chi connectivity index (χ0) is 11.0. The number of halogens is 2. The highest BCUT2D eigenvalue weighted by Gasteiger charge is 2.38. The maximum absolute atomic E-state index is 13.5. The molecule has 4 heteroatoms. The largest absolute Gasteiger partial charge is 0.481 e. The average Bonchev–Trinajstić information content (AvgIpc) is 2.06. The third-order valence-corrected chi connectivity index (χ3v) is 3.19. The van der Waals surface area contributed by atoms with Gasteiger partial charge in [-0.3, -0.25) is 4.79 Å². The number of hydrogen-bond acceptors (Lipinski definition) is 1. The lowest BCUT2D eigenvalue weighted by Crippen LogP contribution is -2.31. The van der Waals surface area contributed by atoms with Gasteiger partial charge in [0.1, 0.15) is 5.82 Å². The van der Waals surface area contributed by atoms with Gasteiger partial charge < -0.3 is 5.11 Å². The molecule has 0 heterocycles. The number of aliphatic carboxylic acids is 1. The Labute approximate surface area is 91.7 Å². The summed E-state index contributed by atoms with van der Waals surface area (Å²) < 4.78 is 13.5. The highest BCUT2D eigenvalue weighted by molar-refractivity contribution is 6.30. The Kier molecular flexibility index (Phi) is 2.65. The van der Waals surface area contributed by atoms with Crippen molar-refractivity contribution in [2.45, 2.75) is 18.8 Å². The van der Waals surface area contributed by atoms with E-state index in [2.05, 4.69) is 0 Å². The van der Waals surface area contributed by atoms with Crippen molar-refractivity contribution in [1.82, 2.24) is 0 Å². The first-order chi connectivity index (χ1) is 7.09. The fraction of sp³-hybridized carbons (Fsp3) is 0.364. The summed E-state index contributed by atoms with van der Waals surface area (Å²) in [6.45, 7) is 0. The van der Waals surface area contributed by atoms with Crippen molar-refractivity contribution >= 4 is 17.6 Å². The van der Waals surface area contributed by atoms with Crippen LogP contribution in [0.15, 0.2) is 18.2 Å². The van der Waals surface area contributed by atoms with Gasteiger partial charge in [0.15, 0.2) is 0 Å². The van der Waals surface area contributed by atoms with Gasteiger partial charge in [0.2, 0.25) is 0 Å². The van der Waals surface area contributed by atoms with Gasteiger partial charge in [-0.2, -0.15) is 0 Å². The van der Waals surface area contributed by atoms with Crippen LogP contribution in [0.3, 0.4) is 0 Å². The van der Waals surface area contributed by atoms with E-state index in [9.17, 15) is 9.18 Å². The van der Waals surface area contributed by atoms with E-state index in [1.54, 1.807) is 12.1 Å². The van der Waals surface area contributed by atoms with E-state index >= 15 is 0 Å². The lowest BCUT2D eigenvalue weighted by Gasteiger charge is -2.33. The number of carbonyl (C=O) groups is 1. The topological polar surface area (TPSA) is 37.3 Å². The van der Waals surface area contributed by atoms with Crippen LogP contribution in [-0.2, 0) is 4.79 Å². The molecule has 1 aromatic carbocycles. The summed E-state index contributed by atoms with van der Waals surface area (Å²) in [6, 6.07) is 4.41. The molecule has 0 aromatic heterocycles. The van der Waals surface area contributed by atoms with Crippen LogP contribution in [0.4, 0.5) is 4.39 Å². The molecule has 1 saturated carbocycles. The molecular formula is C11H10ClFO2. The summed E-state index contributed by atoms with van der Waals surface area (Å²) in [5.41, 5.74) is 0.470. The Balaban J connectivity index is 2.27. The molecule has 2 rings (SSSR count). The first kappa shape index (κ1) is 10.4. The number of rotatable bonds is 2. The van der Waals surface area contributed by atoms with Crippen LogP contribution < -0.4 is 0 Å². The first-order valence-electron chi connectivity index (χ1n) is 4.77. The molecule has 0 radical (unpaired) electrons. The molecule has 0 spiro atoms. The molecule has 1 aromatic rings. The van der Waals surface area contributed by atoms with Gasteiger partial charge in [0, 0.05) is 10.9 Å². The van der Waals surface area contributed by atoms with Crippen molar-refractivity contribution in [2.75, 3.05) is 0 Å². The second-order valence-electron chi connectivity index (χ2n) is 3.79. The quantitative estimate of drug-likeness (QED) is 0.845. The average molecular weight is 229 g/mol. The maximum atomic E-state index is 13.5. The predicted molar refractivity (Wildman–Crippen MR) is 54.5 cm³/mol. The minimum Gasteiger partial charge on any atom is -0.481 e. The smallest absolute Gasteiger partial charge is 0.307 e. The summed E-state index contributed by atoms with van der Waals surface area (Å²) in [4.78, 5) is 10.8. The second-order valence-corrected chi connectivity index (χ2v) is 4.23. The van der Waals surface area contributed by atoms with E-state index < -0.39 is 17.7 Å². The number of hydrogen-bond donors (Lipinski definition) is 1. The molecule has 1 aliphatic carbocycles. The molecule has 1 N–H and O–H groups in total. The molecule has 0 bridgehead atoms. The highest BCUT2D eigenvalue weighted by atomic mass is 35.5. The van der Waals surface area contributed by atoms with Crippen molar-refractivity contribution < 1.29 is 14.3 Å². The molecule has 2 atom stereocenters. The standard InChI is InChI=1S/C11H10ClFO2/c12-6-1-2-8(10(13)5-6)7-3-4-9(7)11(14)15/h1-2,5,7,9H,3-4H2,(H,14,15)/t7-,9+/m1/s1. The molecule has 2 nitrogen and oxygen atoms in total. The lowest BCUT2D eigenvalue weighted by atomic mass is 9.70. The van der Waals surface area contributed by atoms with Crippen molar-refractivity contribution in [1.29, 1.82) is 0 Å². The predicted octanol–water partition coefficient (Wildman–Crippen LogP) is 3.06. The minimum absolute atomic E-state index is 0.195. The van der Waals surface area contributed by atoms with Crippen molar-refractivity contribution in [3.63, 3.8) is 0 Å². The summed E-state index contributed by atoms with van der Waals surface area (Å²) in [6.07, 6.45) is 1.36. The molecule has 0 aliphatic heterocycles. The van der Waals surface area contributed by atoms with Crippen molar-refractivity contribution in [3.05, 3.63) is 34.6 Å². The number of carboxylic acid groups (broad SMARTS) is 1. The van der Waals surface area contributed by atoms with E-state index in [4.69, 9.17) is 16.7 Å². The summed E-state index contributed by atoms with van der Waals surface area (Å²) in [5, 5.41) is 9.20. The van der Waals surface area contributed by atoms with Gasteiger partial charge in [0.25, 0.3) is 0 Å². The van der Waals surface area contributed by atoms with Crippen LogP contribution in [0.5, 0.6) is 0 Å². The Morgan fingerprint density at radius 1 is 1.47 bits per heavy atom. The molecule has 15 heavy (non-hydrogen) atoms. The van der Waals surface area contributed by atoms with E-state index in [1.807, 2.05) is 0 Å². The van der Waals surface area contributed by atoms with Crippen LogP contribution in [-0.4, -0.2) is 11.1 Å². The molecule has 80 valence electrons. The Morgan fingerprint density at radius 3 is 2.67 bits per heavy atom. The van der Waals surface area contributed by atoms with Crippen LogP contribution in [0.2, 0.25) is 5.02 Å². The van der Waals surface area contributed by atoms with Gasteiger partial charge in [-0.25, -0.2) is 4.39 Å². The zero-order valence-corrected chi connectivity index (χ0v) is 8.67. The Hall–Kier alpha value is -1.09. The summed E-state index contributed by atoms with van der Waals surface area (Å²) in [7, 11) is 0. The molecule has 1 fully saturated rings. The minimum atomic E-state index is -0.847. The highest BCUT2D eigenvalue weighted by Crippen LogP contribution is 2.43. The molecule has 1 aliphatic rings.